The first-order valence-corrected chi connectivity index (χ1v) is 6.34. The third kappa shape index (κ3) is 4.40. The topological polar surface area (TPSA) is 85.0 Å². The number of aromatic hydroxyl groups is 1. The highest BCUT2D eigenvalue weighted by Gasteiger charge is 2.16. The van der Waals surface area contributed by atoms with E-state index in [4.69, 9.17) is 15.2 Å². The Morgan fingerprint density at radius 2 is 2.15 bits per heavy atom. The fourth-order valence-electron chi connectivity index (χ4n) is 1.80. The number of benzene rings is 1. The number of ether oxygens (including phenoxy) is 2. The Kier molecular flexibility index (Phi) is 6.27. The van der Waals surface area contributed by atoms with E-state index in [0.717, 1.165) is 5.56 Å². The van der Waals surface area contributed by atoms with Gasteiger partial charge in [0.2, 0.25) is 5.91 Å². The Hall–Kier alpha value is -1.79. The average molecular weight is 282 g/mol. The number of phenolic OH excluding ortho intramolecular Hbond substituents is 1. The largest absolute Gasteiger partial charge is 0.504 e. The summed E-state index contributed by atoms with van der Waals surface area (Å²) in [5, 5.41) is 9.53. The van der Waals surface area contributed by atoms with Crippen molar-refractivity contribution in [2.45, 2.75) is 19.1 Å². The van der Waals surface area contributed by atoms with Gasteiger partial charge in [0.25, 0.3) is 0 Å². The molecule has 1 aromatic rings. The van der Waals surface area contributed by atoms with E-state index in [0.29, 0.717) is 18.8 Å². The van der Waals surface area contributed by atoms with Gasteiger partial charge in [-0.25, -0.2) is 0 Å². The van der Waals surface area contributed by atoms with Gasteiger partial charge in [-0.15, -0.1) is 0 Å². The highest BCUT2D eigenvalue weighted by molar-refractivity contribution is 5.76. The van der Waals surface area contributed by atoms with Gasteiger partial charge in [-0.05, 0) is 17.7 Å². The number of hydrogen-bond donors (Lipinski definition) is 2. The summed E-state index contributed by atoms with van der Waals surface area (Å²) in [5.41, 5.74) is 6.37. The molecule has 1 aromatic carbocycles. The van der Waals surface area contributed by atoms with Gasteiger partial charge in [-0.2, -0.15) is 0 Å². The van der Waals surface area contributed by atoms with E-state index in [1.807, 2.05) is 0 Å². The zero-order chi connectivity index (χ0) is 15.1. The van der Waals surface area contributed by atoms with Crippen LogP contribution in [0.5, 0.6) is 11.5 Å². The second-order valence-corrected chi connectivity index (χ2v) is 4.55. The fraction of sp³-hybridized carbons (Fsp3) is 0.500. The number of amides is 1. The normalized spacial score (nSPS) is 12.0. The molecular formula is C14H22N2O4. The molecule has 6 heteroatoms. The van der Waals surface area contributed by atoms with E-state index in [2.05, 4.69) is 0 Å². The molecule has 0 aliphatic rings. The number of nitrogens with two attached hydrogens (primary N) is 1. The third-order valence-corrected chi connectivity index (χ3v) is 3.09. The maximum absolute atomic E-state index is 12.0. The summed E-state index contributed by atoms with van der Waals surface area (Å²) in [6.07, 6.45) is -0.0158. The molecule has 1 rings (SSSR count). The van der Waals surface area contributed by atoms with Gasteiger partial charge >= 0.3 is 0 Å². The van der Waals surface area contributed by atoms with E-state index < -0.39 is 0 Å². The molecule has 0 heterocycles. The minimum absolute atomic E-state index is 0.0469. The lowest BCUT2D eigenvalue weighted by Crippen LogP contribution is -2.33. The lowest BCUT2D eigenvalue weighted by Gasteiger charge is -2.20. The van der Waals surface area contributed by atoms with Crippen LogP contribution in [0.15, 0.2) is 18.2 Å². The van der Waals surface area contributed by atoms with Gasteiger partial charge in [0.1, 0.15) is 0 Å². The number of hydrogen-bond acceptors (Lipinski definition) is 5. The molecule has 0 aromatic heterocycles. The molecule has 0 radical (unpaired) electrons. The molecular weight excluding hydrogens is 260 g/mol. The molecule has 3 N–H and O–H groups in total. The zero-order valence-electron chi connectivity index (χ0n) is 12.1. The first-order valence-electron chi connectivity index (χ1n) is 6.34. The van der Waals surface area contributed by atoms with Gasteiger partial charge in [-0.1, -0.05) is 6.07 Å². The van der Waals surface area contributed by atoms with Crippen molar-refractivity contribution in [1.29, 1.82) is 0 Å². The fourth-order valence-corrected chi connectivity index (χ4v) is 1.80. The lowest BCUT2D eigenvalue weighted by atomic mass is 10.1. The van der Waals surface area contributed by atoms with Crippen LogP contribution in [-0.2, 0) is 16.1 Å². The van der Waals surface area contributed by atoms with Crippen molar-refractivity contribution in [3.05, 3.63) is 23.8 Å². The summed E-state index contributed by atoms with van der Waals surface area (Å²) in [7, 11) is 4.73. The van der Waals surface area contributed by atoms with Gasteiger partial charge in [0.15, 0.2) is 11.5 Å². The van der Waals surface area contributed by atoms with Crippen molar-refractivity contribution >= 4 is 5.91 Å². The molecule has 1 amide bonds. The SMILES string of the molecule is COc1cc(CN(C)C(=O)CC(CN)OC)ccc1O. The second kappa shape index (κ2) is 7.72. The van der Waals surface area contributed by atoms with Crippen molar-refractivity contribution in [3.63, 3.8) is 0 Å². The average Bonchev–Trinajstić information content (AvgIpc) is 2.46. The Morgan fingerprint density at radius 1 is 1.45 bits per heavy atom. The van der Waals surface area contributed by atoms with E-state index in [1.165, 1.54) is 14.2 Å². The summed E-state index contributed by atoms with van der Waals surface area (Å²) in [5.74, 6) is 0.419. The molecule has 0 bridgehead atoms. The summed E-state index contributed by atoms with van der Waals surface area (Å²) in [4.78, 5) is 13.6. The maximum Gasteiger partial charge on any atom is 0.225 e. The van der Waals surface area contributed by atoms with Gasteiger partial charge < -0.3 is 25.2 Å². The minimum Gasteiger partial charge on any atom is -0.504 e. The maximum atomic E-state index is 12.0. The highest BCUT2D eigenvalue weighted by Crippen LogP contribution is 2.26. The molecule has 0 aliphatic heterocycles. The van der Waals surface area contributed by atoms with E-state index in [1.54, 1.807) is 30.1 Å². The van der Waals surface area contributed by atoms with Gasteiger partial charge in [-0.3, -0.25) is 4.79 Å². The molecule has 20 heavy (non-hydrogen) atoms. The van der Waals surface area contributed by atoms with Gasteiger partial charge in [0, 0.05) is 27.2 Å². The zero-order valence-corrected chi connectivity index (χ0v) is 12.1. The molecule has 0 saturated heterocycles. The quantitative estimate of drug-likeness (QED) is 0.770. The number of carbonyl (C=O) groups is 1. The van der Waals surface area contributed by atoms with Crippen LogP contribution in [0.1, 0.15) is 12.0 Å². The van der Waals surface area contributed by atoms with Crippen molar-refractivity contribution in [1.82, 2.24) is 4.90 Å². The summed E-state index contributed by atoms with van der Waals surface area (Å²) in [6.45, 7) is 0.736. The minimum atomic E-state index is -0.265. The monoisotopic (exact) mass is 282 g/mol. The summed E-state index contributed by atoms with van der Waals surface area (Å²) >= 11 is 0. The number of methoxy groups -OCH3 is 2. The molecule has 1 unspecified atom stereocenters. The van der Waals surface area contributed by atoms with E-state index in [-0.39, 0.29) is 24.2 Å². The van der Waals surface area contributed by atoms with Crippen molar-refractivity contribution in [2.24, 2.45) is 5.73 Å². The number of nitrogens with zero attached hydrogens (tertiary/aromatic N) is 1. The lowest BCUT2D eigenvalue weighted by molar-refractivity contribution is -0.132. The van der Waals surface area contributed by atoms with Crippen LogP contribution in [0, 0.1) is 0 Å². The van der Waals surface area contributed by atoms with E-state index >= 15 is 0 Å². The predicted octanol–water partition coefficient (Wildman–Crippen LogP) is 0.723. The second-order valence-electron chi connectivity index (χ2n) is 4.55. The van der Waals surface area contributed by atoms with Crippen molar-refractivity contribution in [2.75, 3.05) is 27.8 Å². The molecule has 1 atom stereocenters. The van der Waals surface area contributed by atoms with Gasteiger partial charge in [0.05, 0.1) is 19.6 Å². The first kappa shape index (κ1) is 16.3. The number of rotatable bonds is 7. The number of carbonyl (C=O) groups excluding carboxylic acids is 1. The Balaban J connectivity index is 2.65. The van der Waals surface area contributed by atoms with Crippen LogP contribution in [0.3, 0.4) is 0 Å². The molecule has 112 valence electrons. The third-order valence-electron chi connectivity index (χ3n) is 3.09. The van der Waals surface area contributed by atoms with Crippen molar-refractivity contribution in [3.8, 4) is 11.5 Å². The van der Waals surface area contributed by atoms with Crippen LogP contribution in [0.25, 0.3) is 0 Å². The Labute approximate surface area is 119 Å². The molecule has 0 aliphatic carbocycles. The molecule has 6 nitrogen and oxygen atoms in total. The van der Waals surface area contributed by atoms with Crippen LogP contribution >= 0.6 is 0 Å². The molecule has 0 fully saturated rings. The highest BCUT2D eigenvalue weighted by atomic mass is 16.5. The van der Waals surface area contributed by atoms with Crippen LogP contribution in [0.2, 0.25) is 0 Å². The summed E-state index contributed by atoms with van der Waals surface area (Å²) < 4.78 is 10.1. The number of phenols is 1. The summed E-state index contributed by atoms with van der Waals surface area (Å²) in [6, 6.07) is 5.00. The van der Waals surface area contributed by atoms with Crippen LogP contribution in [-0.4, -0.2) is 49.8 Å². The molecule has 0 spiro atoms. The predicted molar refractivity (Wildman–Crippen MR) is 75.6 cm³/mol. The first-order chi connectivity index (χ1) is 9.51. The van der Waals surface area contributed by atoms with Crippen molar-refractivity contribution < 1.29 is 19.4 Å². The smallest absolute Gasteiger partial charge is 0.225 e. The standard InChI is InChI=1S/C14H22N2O4/c1-16(14(18)7-11(8-15)19-2)9-10-4-5-12(17)13(6-10)20-3/h4-6,11,17H,7-9,15H2,1-3H3. The molecule has 0 saturated carbocycles. The van der Waals surface area contributed by atoms with Crippen LogP contribution in [0.4, 0.5) is 0 Å². The van der Waals surface area contributed by atoms with Crippen LogP contribution < -0.4 is 10.5 Å². The Morgan fingerprint density at radius 3 is 2.70 bits per heavy atom. The van der Waals surface area contributed by atoms with E-state index in [9.17, 15) is 9.90 Å². The Bertz CT molecular complexity index is 447.